The third-order valence-electron chi connectivity index (χ3n) is 3.57. The molecular formula is C14H23N3O. The Kier molecular flexibility index (Phi) is 3.85. The molecular weight excluding hydrogens is 226 g/mol. The van der Waals surface area contributed by atoms with Crippen molar-refractivity contribution in [1.82, 2.24) is 10.2 Å². The molecule has 18 heavy (non-hydrogen) atoms. The monoisotopic (exact) mass is 249 g/mol. The predicted octanol–water partition coefficient (Wildman–Crippen LogP) is 1.98. The summed E-state index contributed by atoms with van der Waals surface area (Å²) in [5, 5.41) is 17.6. The second kappa shape index (κ2) is 5.22. The number of hydrogen-bond donors (Lipinski definition) is 1. The molecule has 2 rings (SSSR count). The molecule has 0 radical (unpaired) electrons. The molecule has 0 aromatic carbocycles. The van der Waals surface area contributed by atoms with Gasteiger partial charge in [0.1, 0.15) is 0 Å². The zero-order valence-corrected chi connectivity index (χ0v) is 11.6. The topological polar surface area (TPSA) is 49.2 Å². The van der Waals surface area contributed by atoms with Crippen molar-refractivity contribution in [1.29, 1.82) is 0 Å². The zero-order chi connectivity index (χ0) is 13.2. The molecule has 0 spiro atoms. The molecule has 1 atom stereocenters. The second-order valence-corrected chi connectivity index (χ2v) is 6.14. The zero-order valence-electron chi connectivity index (χ0n) is 11.6. The van der Waals surface area contributed by atoms with E-state index in [-0.39, 0.29) is 12.0 Å². The van der Waals surface area contributed by atoms with Gasteiger partial charge < -0.3 is 10.0 Å². The van der Waals surface area contributed by atoms with Crippen LogP contribution in [0, 0.1) is 5.92 Å². The molecule has 4 nitrogen and oxygen atoms in total. The van der Waals surface area contributed by atoms with E-state index in [2.05, 4.69) is 48.0 Å². The van der Waals surface area contributed by atoms with Crippen LogP contribution in [0.1, 0.15) is 39.3 Å². The maximum atomic E-state index is 8.96. The van der Waals surface area contributed by atoms with Gasteiger partial charge in [0.05, 0.1) is 5.69 Å². The summed E-state index contributed by atoms with van der Waals surface area (Å²) in [4.78, 5) is 2.26. The van der Waals surface area contributed by atoms with E-state index < -0.39 is 0 Å². The Balaban J connectivity index is 2.03. The van der Waals surface area contributed by atoms with E-state index in [0.717, 1.165) is 37.4 Å². The number of rotatable bonds is 3. The number of nitrogens with zero attached hydrogens (tertiary/aromatic N) is 3. The molecule has 1 N–H and O–H groups in total. The van der Waals surface area contributed by atoms with Crippen LogP contribution in [0.25, 0.3) is 0 Å². The first-order valence-corrected chi connectivity index (χ1v) is 6.70. The number of aliphatic hydroxyl groups excluding tert-OH is 1. The average Bonchev–Trinajstić information content (AvgIpc) is 2.77. The SMILES string of the molecule is CC(C)(C)c1ccc(N2CCC(CCO)C2)nn1. The number of hydrogen-bond acceptors (Lipinski definition) is 4. The first-order valence-electron chi connectivity index (χ1n) is 6.70. The fourth-order valence-corrected chi connectivity index (χ4v) is 2.35. The molecule has 1 aliphatic heterocycles. The summed E-state index contributed by atoms with van der Waals surface area (Å²) >= 11 is 0. The number of aromatic nitrogens is 2. The van der Waals surface area contributed by atoms with Gasteiger partial charge in [-0.1, -0.05) is 20.8 Å². The summed E-state index contributed by atoms with van der Waals surface area (Å²) in [7, 11) is 0. The standard InChI is InChI=1S/C14H23N3O/c1-14(2,3)12-4-5-13(16-15-12)17-8-6-11(10-17)7-9-18/h4-5,11,18H,6-10H2,1-3H3. The minimum absolute atomic E-state index is 0.0516. The number of anilines is 1. The van der Waals surface area contributed by atoms with Crippen molar-refractivity contribution in [2.75, 3.05) is 24.6 Å². The van der Waals surface area contributed by atoms with Gasteiger partial charge in [-0.3, -0.25) is 0 Å². The van der Waals surface area contributed by atoms with Crippen LogP contribution in [0.4, 0.5) is 5.82 Å². The fraction of sp³-hybridized carbons (Fsp3) is 0.714. The number of aliphatic hydroxyl groups is 1. The first kappa shape index (κ1) is 13.3. The highest BCUT2D eigenvalue weighted by atomic mass is 16.3. The van der Waals surface area contributed by atoms with E-state index in [1.165, 1.54) is 0 Å². The highest BCUT2D eigenvalue weighted by molar-refractivity contribution is 5.39. The molecule has 1 aliphatic rings. The van der Waals surface area contributed by atoms with Gasteiger partial charge in [-0.05, 0) is 30.9 Å². The molecule has 1 aromatic rings. The minimum Gasteiger partial charge on any atom is -0.396 e. The lowest BCUT2D eigenvalue weighted by Gasteiger charge is -2.20. The Morgan fingerprint density at radius 1 is 1.33 bits per heavy atom. The van der Waals surface area contributed by atoms with Gasteiger partial charge in [-0.2, -0.15) is 5.10 Å². The predicted molar refractivity (Wildman–Crippen MR) is 72.8 cm³/mol. The van der Waals surface area contributed by atoms with E-state index in [1.807, 2.05) is 0 Å². The summed E-state index contributed by atoms with van der Waals surface area (Å²) in [6, 6.07) is 4.14. The summed E-state index contributed by atoms with van der Waals surface area (Å²) in [6.45, 7) is 8.73. The third kappa shape index (κ3) is 2.99. The molecule has 1 fully saturated rings. The first-order chi connectivity index (χ1) is 8.50. The van der Waals surface area contributed by atoms with Gasteiger partial charge in [-0.15, -0.1) is 5.10 Å². The van der Waals surface area contributed by atoms with Crippen LogP contribution in [-0.2, 0) is 5.41 Å². The van der Waals surface area contributed by atoms with E-state index in [4.69, 9.17) is 5.11 Å². The molecule has 100 valence electrons. The van der Waals surface area contributed by atoms with Gasteiger partial charge in [0.25, 0.3) is 0 Å². The van der Waals surface area contributed by atoms with Crippen molar-refractivity contribution < 1.29 is 5.11 Å². The van der Waals surface area contributed by atoms with Gasteiger partial charge in [0.15, 0.2) is 5.82 Å². The van der Waals surface area contributed by atoms with Gasteiger partial charge in [0.2, 0.25) is 0 Å². The molecule has 4 heteroatoms. The molecule has 0 amide bonds. The lowest BCUT2D eigenvalue weighted by Crippen LogP contribution is -2.22. The normalized spacial score (nSPS) is 20.4. The Morgan fingerprint density at radius 3 is 2.67 bits per heavy atom. The Bertz CT molecular complexity index is 383. The van der Waals surface area contributed by atoms with E-state index in [0.29, 0.717) is 5.92 Å². The van der Waals surface area contributed by atoms with Crippen molar-refractivity contribution in [3.05, 3.63) is 17.8 Å². The second-order valence-electron chi connectivity index (χ2n) is 6.14. The fourth-order valence-electron chi connectivity index (χ4n) is 2.35. The molecule has 0 saturated carbocycles. The molecule has 1 unspecified atom stereocenters. The lowest BCUT2D eigenvalue weighted by atomic mass is 9.92. The van der Waals surface area contributed by atoms with Crippen molar-refractivity contribution in [3.8, 4) is 0 Å². The molecule has 1 saturated heterocycles. The third-order valence-corrected chi connectivity index (χ3v) is 3.57. The average molecular weight is 249 g/mol. The lowest BCUT2D eigenvalue weighted by molar-refractivity contribution is 0.263. The highest BCUT2D eigenvalue weighted by Crippen LogP contribution is 2.25. The van der Waals surface area contributed by atoms with Crippen molar-refractivity contribution >= 4 is 5.82 Å². The summed E-state index contributed by atoms with van der Waals surface area (Å²) in [6.07, 6.45) is 2.03. The van der Waals surface area contributed by atoms with Crippen molar-refractivity contribution in [2.45, 2.75) is 39.0 Å². The summed E-state index contributed by atoms with van der Waals surface area (Å²) in [5.74, 6) is 1.56. The van der Waals surface area contributed by atoms with E-state index >= 15 is 0 Å². The van der Waals surface area contributed by atoms with Crippen LogP contribution in [0.2, 0.25) is 0 Å². The minimum atomic E-state index is 0.0516. The maximum absolute atomic E-state index is 8.96. The van der Waals surface area contributed by atoms with Crippen LogP contribution in [-0.4, -0.2) is 35.0 Å². The Labute approximate surface area is 109 Å². The molecule has 2 heterocycles. The van der Waals surface area contributed by atoms with Crippen LogP contribution in [0.15, 0.2) is 12.1 Å². The maximum Gasteiger partial charge on any atom is 0.151 e. The van der Waals surface area contributed by atoms with Crippen molar-refractivity contribution in [2.24, 2.45) is 5.92 Å². The van der Waals surface area contributed by atoms with Crippen molar-refractivity contribution in [3.63, 3.8) is 0 Å². The van der Waals surface area contributed by atoms with Crippen LogP contribution in [0.5, 0.6) is 0 Å². The van der Waals surface area contributed by atoms with Gasteiger partial charge in [-0.25, -0.2) is 0 Å². The Hall–Kier alpha value is -1.16. The van der Waals surface area contributed by atoms with Gasteiger partial charge in [0, 0.05) is 25.1 Å². The van der Waals surface area contributed by atoms with Gasteiger partial charge >= 0.3 is 0 Å². The summed E-state index contributed by atoms with van der Waals surface area (Å²) < 4.78 is 0. The van der Waals surface area contributed by atoms with Crippen LogP contribution >= 0.6 is 0 Å². The summed E-state index contributed by atoms with van der Waals surface area (Å²) in [5.41, 5.74) is 1.08. The van der Waals surface area contributed by atoms with Crippen LogP contribution < -0.4 is 4.90 Å². The Morgan fingerprint density at radius 2 is 2.11 bits per heavy atom. The van der Waals surface area contributed by atoms with Crippen LogP contribution in [0.3, 0.4) is 0 Å². The molecule has 1 aromatic heterocycles. The highest BCUT2D eigenvalue weighted by Gasteiger charge is 2.24. The smallest absolute Gasteiger partial charge is 0.151 e. The largest absolute Gasteiger partial charge is 0.396 e. The molecule has 0 aliphatic carbocycles. The quantitative estimate of drug-likeness (QED) is 0.890. The molecule has 0 bridgehead atoms. The van der Waals surface area contributed by atoms with E-state index in [1.54, 1.807) is 0 Å². The van der Waals surface area contributed by atoms with E-state index in [9.17, 15) is 0 Å².